The highest BCUT2D eigenvalue weighted by molar-refractivity contribution is 5.82. The van der Waals surface area contributed by atoms with E-state index in [4.69, 9.17) is 18.9 Å². The van der Waals surface area contributed by atoms with E-state index in [0.29, 0.717) is 19.6 Å². The minimum atomic E-state index is -0.352. The topological polar surface area (TPSA) is 71.1 Å². The average Bonchev–Trinajstić information content (AvgIpc) is 2.45. The lowest BCUT2D eigenvalue weighted by molar-refractivity contribution is -0.148. The molecule has 0 aliphatic carbocycles. The molecule has 126 valence electrons. The summed E-state index contributed by atoms with van der Waals surface area (Å²) in [5, 5.41) is 0. The molecule has 3 atom stereocenters. The molecule has 0 N–H and O–H groups in total. The molecule has 0 aromatic rings. The zero-order valence-corrected chi connectivity index (χ0v) is 13.8. The van der Waals surface area contributed by atoms with E-state index in [1.165, 1.54) is 13.0 Å². The van der Waals surface area contributed by atoms with Gasteiger partial charge in [-0.3, -0.25) is 4.79 Å². The number of carbonyl (C=O) groups is 2. The lowest BCUT2D eigenvalue weighted by atomic mass is 9.88. The number of ether oxygens (including phenoxy) is 4. The van der Waals surface area contributed by atoms with Gasteiger partial charge < -0.3 is 18.9 Å². The Morgan fingerprint density at radius 1 is 1.45 bits per heavy atom. The van der Waals surface area contributed by atoms with Crippen LogP contribution in [0.3, 0.4) is 0 Å². The monoisotopic (exact) mass is 314 g/mol. The van der Waals surface area contributed by atoms with Crippen molar-refractivity contribution >= 4 is 11.9 Å². The third-order valence-electron chi connectivity index (χ3n) is 3.58. The van der Waals surface area contributed by atoms with Gasteiger partial charge in [0.2, 0.25) is 0 Å². The maximum Gasteiger partial charge on any atom is 0.330 e. The second kappa shape index (κ2) is 9.58. The number of hydrogen-bond acceptors (Lipinski definition) is 6. The summed E-state index contributed by atoms with van der Waals surface area (Å²) < 4.78 is 20.9. The van der Waals surface area contributed by atoms with Crippen LogP contribution in [0, 0.1) is 5.92 Å². The van der Waals surface area contributed by atoms with Crippen LogP contribution in [0.4, 0.5) is 0 Å². The van der Waals surface area contributed by atoms with Gasteiger partial charge in [0.1, 0.15) is 0 Å². The van der Waals surface area contributed by atoms with E-state index in [1.807, 2.05) is 6.92 Å². The number of rotatable bonds is 7. The molecule has 1 aliphatic rings. The molecule has 0 bridgehead atoms. The van der Waals surface area contributed by atoms with Crippen molar-refractivity contribution in [2.24, 2.45) is 5.92 Å². The lowest BCUT2D eigenvalue weighted by Gasteiger charge is -2.31. The first-order valence-corrected chi connectivity index (χ1v) is 7.65. The Bertz CT molecular complexity index is 403. The van der Waals surface area contributed by atoms with Gasteiger partial charge in [0.25, 0.3) is 0 Å². The molecule has 0 spiro atoms. The summed E-state index contributed by atoms with van der Waals surface area (Å²) in [6.45, 7) is 5.73. The number of methoxy groups -OCH3 is 1. The molecule has 0 amide bonds. The second-order valence-electron chi connectivity index (χ2n) is 5.38. The fourth-order valence-electron chi connectivity index (χ4n) is 2.50. The van der Waals surface area contributed by atoms with Gasteiger partial charge in [0.05, 0.1) is 19.3 Å². The maximum atomic E-state index is 11.6. The molecule has 1 rings (SSSR count). The molecule has 1 unspecified atom stereocenters. The molecule has 6 nitrogen and oxygen atoms in total. The molecular weight excluding hydrogens is 288 g/mol. The number of hydrogen-bond donors (Lipinski definition) is 0. The summed E-state index contributed by atoms with van der Waals surface area (Å²) in [5.41, 5.74) is 0.904. The van der Waals surface area contributed by atoms with Crippen LogP contribution in [0.2, 0.25) is 0 Å². The highest BCUT2D eigenvalue weighted by atomic mass is 16.7. The van der Waals surface area contributed by atoms with Crippen molar-refractivity contribution in [2.75, 3.05) is 20.3 Å². The Morgan fingerprint density at radius 2 is 2.18 bits per heavy atom. The van der Waals surface area contributed by atoms with Crippen LogP contribution in [0.15, 0.2) is 11.6 Å². The molecule has 6 heteroatoms. The van der Waals surface area contributed by atoms with Crippen molar-refractivity contribution in [3.63, 3.8) is 0 Å². The second-order valence-corrected chi connectivity index (χ2v) is 5.38. The molecule has 0 saturated carbocycles. The fraction of sp³-hybridized carbons (Fsp3) is 0.750. The van der Waals surface area contributed by atoms with Crippen LogP contribution in [-0.4, -0.2) is 44.7 Å². The number of carbonyl (C=O) groups excluding carboxylic acids is 2. The molecule has 22 heavy (non-hydrogen) atoms. The molecule has 1 saturated heterocycles. The molecular formula is C16H26O6. The van der Waals surface area contributed by atoms with Gasteiger partial charge in [0.15, 0.2) is 6.29 Å². The van der Waals surface area contributed by atoms with E-state index in [-0.39, 0.29) is 30.3 Å². The fourth-order valence-corrected chi connectivity index (χ4v) is 2.50. The van der Waals surface area contributed by atoms with Crippen LogP contribution in [0.1, 0.15) is 40.0 Å². The standard InChI is InChI=1S/C16H26O6/c1-5-20-15(18)8-14-10-21-16(19-4)9-13(14)7-6-11(2)22-12(3)17/h8,11,13,16H,5-7,9-10H2,1-4H3/b14-8+/t11?,13-,16+/m0/s1. The van der Waals surface area contributed by atoms with Crippen LogP contribution in [-0.2, 0) is 28.5 Å². The van der Waals surface area contributed by atoms with Gasteiger partial charge in [-0.05, 0) is 38.2 Å². The van der Waals surface area contributed by atoms with Crippen LogP contribution in [0.25, 0.3) is 0 Å². The molecule has 0 aromatic heterocycles. The molecule has 1 aliphatic heterocycles. The van der Waals surface area contributed by atoms with E-state index >= 15 is 0 Å². The van der Waals surface area contributed by atoms with Crippen LogP contribution in [0.5, 0.6) is 0 Å². The highest BCUT2D eigenvalue weighted by Crippen LogP contribution is 2.30. The van der Waals surface area contributed by atoms with Crippen molar-refractivity contribution in [3.8, 4) is 0 Å². The Balaban J connectivity index is 2.65. The minimum Gasteiger partial charge on any atom is -0.463 e. The summed E-state index contributed by atoms with van der Waals surface area (Å²) in [4.78, 5) is 22.6. The predicted molar refractivity (Wildman–Crippen MR) is 80.0 cm³/mol. The molecule has 1 fully saturated rings. The SMILES string of the molecule is CCOC(=O)/C=C1\CO[C@@H](OC)C[C@@H]1CCC(C)OC(C)=O. The van der Waals surface area contributed by atoms with E-state index in [9.17, 15) is 9.59 Å². The van der Waals surface area contributed by atoms with Gasteiger partial charge in [-0.2, -0.15) is 0 Å². The van der Waals surface area contributed by atoms with Gasteiger partial charge in [-0.15, -0.1) is 0 Å². The Kier molecular flexibility index (Phi) is 8.12. The largest absolute Gasteiger partial charge is 0.463 e. The maximum absolute atomic E-state index is 11.6. The van der Waals surface area contributed by atoms with E-state index < -0.39 is 0 Å². The summed E-state index contributed by atoms with van der Waals surface area (Å²) in [7, 11) is 1.60. The summed E-state index contributed by atoms with van der Waals surface area (Å²) >= 11 is 0. The summed E-state index contributed by atoms with van der Waals surface area (Å²) in [6, 6.07) is 0. The normalized spacial score (nSPS) is 24.8. The molecule has 0 radical (unpaired) electrons. The van der Waals surface area contributed by atoms with Crippen molar-refractivity contribution in [2.45, 2.75) is 52.4 Å². The molecule has 0 aromatic carbocycles. The van der Waals surface area contributed by atoms with E-state index in [2.05, 4.69) is 0 Å². The lowest BCUT2D eigenvalue weighted by Crippen LogP contribution is -2.30. The van der Waals surface area contributed by atoms with Gasteiger partial charge in [-0.1, -0.05) is 0 Å². The first-order valence-electron chi connectivity index (χ1n) is 7.65. The minimum absolute atomic E-state index is 0.148. The van der Waals surface area contributed by atoms with Gasteiger partial charge in [0, 0.05) is 26.5 Å². The van der Waals surface area contributed by atoms with Gasteiger partial charge >= 0.3 is 11.9 Å². The first-order chi connectivity index (χ1) is 10.5. The average molecular weight is 314 g/mol. The van der Waals surface area contributed by atoms with Crippen molar-refractivity contribution in [1.82, 2.24) is 0 Å². The third kappa shape index (κ3) is 6.58. The highest BCUT2D eigenvalue weighted by Gasteiger charge is 2.27. The molecule has 1 heterocycles. The van der Waals surface area contributed by atoms with Crippen LogP contribution < -0.4 is 0 Å². The quantitative estimate of drug-likeness (QED) is 0.530. The van der Waals surface area contributed by atoms with E-state index in [0.717, 1.165) is 18.4 Å². The van der Waals surface area contributed by atoms with Gasteiger partial charge in [-0.25, -0.2) is 4.79 Å². The smallest absolute Gasteiger partial charge is 0.330 e. The predicted octanol–water partition coefficient (Wildman–Crippen LogP) is 2.22. The zero-order chi connectivity index (χ0) is 16.5. The van der Waals surface area contributed by atoms with Crippen LogP contribution >= 0.6 is 0 Å². The number of esters is 2. The van der Waals surface area contributed by atoms with E-state index in [1.54, 1.807) is 14.0 Å². The first kappa shape index (κ1) is 18.6. The Hall–Kier alpha value is -1.40. The van der Waals surface area contributed by atoms with Crippen molar-refractivity contribution in [1.29, 1.82) is 0 Å². The zero-order valence-electron chi connectivity index (χ0n) is 13.8. The summed E-state index contributed by atoms with van der Waals surface area (Å²) in [6.07, 6.45) is 3.29. The Labute approximate surface area is 131 Å². The van der Waals surface area contributed by atoms with Crippen molar-refractivity contribution in [3.05, 3.63) is 11.6 Å². The Morgan fingerprint density at radius 3 is 2.77 bits per heavy atom. The van der Waals surface area contributed by atoms with Crippen molar-refractivity contribution < 1.29 is 28.5 Å². The summed E-state index contributed by atoms with van der Waals surface area (Å²) in [5.74, 6) is -0.479. The third-order valence-corrected chi connectivity index (χ3v) is 3.58.